The fraction of sp³-hybridized carbons (Fsp3) is 0.192. The maximum absolute atomic E-state index is 12.8. The molecule has 2 heterocycles. The van der Waals surface area contributed by atoms with Gasteiger partial charge in [0.1, 0.15) is 0 Å². The molecule has 32 heavy (non-hydrogen) atoms. The molecule has 1 aliphatic rings. The van der Waals surface area contributed by atoms with Gasteiger partial charge in [-0.1, -0.05) is 60.7 Å². The van der Waals surface area contributed by atoms with Crippen LogP contribution in [0.1, 0.15) is 39.4 Å². The third-order valence-electron chi connectivity index (χ3n) is 5.72. The molecule has 0 bridgehead atoms. The topological polar surface area (TPSA) is 80.7 Å². The molecule has 0 amide bonds. The van der Waals surface area contributed by atoms with Crippen LogP contribution in [-0.2, 0) is 6.42 Å². The molecular weight excluding hydrogens is 398 g/mol. The summed E-state index contributed by atoms with van der Waals surface area (Å²) in [5, 5.41) is 4.15. The summed E-state index contributed by atoms with van der Waals surface area (Å²) in [5.74, 6) is 1.06. The van der Waals surface area contributed by atoms with Gasteiger partial charge in [-0.25, -0.2) is 19.9 Å². The van der Waals surface area contributed by atoms with Crippen molar-refractivity contribution in [2.45, 2.75) is 26.7 Å². The molecule has 0 saturated carbocycles. The number of hydrogen-bond donors (Lipinski definition) is 1. The van der Waals surface area contributed by atoms with Crippen LogP contribution in [0.2, 0.25) is 0 Å². The summed E-state index contributed by atoms with van der Waals surface area (Å²) in [6, 6.07) is 18.0. The first-order chi connectivity index (χ1) is 15.6. The number of anilines is 2. The molecule has 1 atom stereocenters. The van der Waals surface area contributed by atoms with Crippen LogP contribution in [0.15, 0.2) is 60.7 Å². The number of rotatable bonds is 4. The van der Waals surface area contributed by atoms with Crippen molar-refractivity contribution in [3.63, 3.8) is 0 Å². The minimum absolute atomic E-state index is 0.0933. The lowest BCUT2D eigenvalue weighted by molar-refractivity contribution is 0.0957. The number of benzene rings is 2. The quantitative estimate of drug-likeness (QED) is 0.485. The Kier molecular flexibility index (Phi) is 5.19. The molecule has 6 heteroatoms. The third kappa shape index (κ3) is 3.99. The minimum atomic E-state index is 0.0933. The van der Waals surface area contributed by atoms with E-state index in [-0.39, 0.29) is 11.7 Å². The Morgan fingerprint density at radius 3 is 2.41 bits per heavy atom. The van der Waals surface area contributed by atoms with Crippen molar-refractivity contribution in [1.82, 2.24) is 19.9 Å². The Balaban J connectivity index is 1.43. The van der Waals surface area contributed by atoms with Gasteiger partial charge in [0, 0.05) is 11.8 Å². The van der Waals surface area contributed by atoms with Gasteiger partial charge >= 0.3 is 0 Å². The van der Waals surface area contributed by atoms with Gasteiger partial charge in [-0.3, -0.25) is 10.1 Å². The smallest absolute Gasteiger partial charge is 0.230 e. The van der Waals surface area contributed by atoms with Crippen LogP contribution in [0.25, 0.3) is 17.0 Å². The first-order valence-electron chi connectivity index (χ1n) is 10.7. The van der Waals surface area contributed by atoms with Crippen LogP contribution in [0.4, 0.5) is 11.9 Å². The van der Waals surface area contributed by atoms with Crippen LogP contribution >= 0.6 is 0 Å². The highest BCUT2D eigenvalue weighted by Gasteiger charge is 2.28. The predicted molar refractivity (Wildman–Crippen MR) is 126 cm³/mol. The molecule has 0 saturated heterocycles. The number of allylic oxidation sites excluding steroid dienone is 1. The summed E-state index contributed by atoms with van der Waals surface area (Å²) in [6.45, 7) is 3.81. The SMILES string of the molecule is Cc1nc(Nc2nc(C)c3ccccc3n2)nc2c1C(=O)C[C@@H](/C=C/c1ccccc1)C2. The summed E-state index contributed by atoms with van der Waals surface area (Å²) in [7, 11) is 0. The number of Topliss-reactive ketones (excluding diaryl/α,β-unsaturated/α-hetero) is 1. The van der Waals surface area contributed by atoms with Gasteiger partial charge < -0.3 is 0 Å². The van der Waals surface area contributed by atoms with E-state index in [0.717, 1.165) is 27.9 Å². The zero-order valence-electron chi connectivity index (χ0n) is 18.0. The first kappa shape index (κ1) is 20.0. The second-order valence-electron chi connectivity index (χ2n) is 8.09. The summed E-state index contributed by atoms with van der Waals surface area (Å²) < 4.78 is 0. The van der Waals surface area contributed by atoms with E-state index in [1.807, 2.05) is 56.3 Å². The van der Waals surface area contributed by atoms with Gasteiger partial charge in [0.15, 0.2) is 5.78 Å². The number of aryl methyl sites for hydroxylation is 2. The highest BCUT2D eigenvalue weighted by molar-refractivity contribution is 5.99. The second-order valence-corrected chi connectivity index (χ2v) is 8.09. The predicted octanol–water partition coefficient (Wildman–Crippen LogP) is 5.24. The molecule has 0 unspecified atom stereocenters. The summed E-state index contributed by atoms with van der Waals surface area (Å²) >= 11 is 0. The lowest BCUT2D eigenvalue weighted by atomic mass is 9.85. The number of hydrogen-bond acceptors (Lipinski definition) is 6. The zero-order chi connectivity index (χ0) is 22.1. The van der Waals surface area contributed by atoms with Gasteiger partial charge in [-0.15, -0.1) is 0 Å². The second kappa shape index (κ2) is 8.30. The Morgan fingerprint density at radius 1 is 0.844 bits per heavy atom. The minimum Gasteiger partial charge on any atom is -0.294 e. The maximum Gasteiger partial charge on any atom is 0.230 e. The van der Waals surface area contributed by atoms with E-state index in [0.29, 0.717) is 36.0 Å². The van der Waals surface area contributed by atoms with Crippen molar-refractivity contribution in [1.29, 1.82) is 0 Å². The molecule has 6 nitrogen and oxygen atoms in total. The molecule has 0 fully saturated rings. The fourth-order valence-electron chi connectivity index (χ4n) is 4.20. The summed E-state index contributed by atoms with van der Waals surface area (Å²) in [6.07, 6.45) is 5.35. The van der Waals surface area contributed by atoms with E-state index in [1.165, 1.54) is 0 Å². The average molecular weight is 422 g/mol. The lowest BCUT2D eigenvalue weighted by Gasteiger charge is -2.22. The van der Waals surface area contributed by atoms with Crippen molar-refractivity contribution in [2.24, 2.45) is 5.92 Å². The third-order valence-corrected chi connectivity index (χ3v) is 5.72. The summed E-state index contributed by atoms with van der Waals surface area (Å²) in [4.78, 5) is 31.2. The van der Waals surface area contributed by atoms with Gasteiger partial charge in [0.05, 0.1) is 28.2 Å². The highest BCUT2D eigenvalue weighted by Crippen LogP contribution is 2.29. The van der Waals surface area contributed by atoms with Crippen molar-refractivity contribution in [3.05, 3.63) is 88.9 Å². The van der Waals surface area contributed by atoms with E-state index >= 15 is 0 Å². The molecule has 0 radical (unpaired) electrons. The highest BCUT2D eigenvalue weighted by atomic mass is 16.1. The van der Waals surface area contributed by atoms with Crippen molar-refractivity contribution < 1.29 is 4.79 Å². The Labute approximate surface area is 186 Å². The van der Waals surface area contributed by atoms with Crippen molar-refractivity contribution in [3.8, 4) is 0 Å². The number of fused-ring (bicyclic) bond motifs is 2. The van der Waals surface area contributed by atoms with Crippen LogP contribution in [-0.4, -0.2) is 25.7 Å². The molecule has 0 spiro atoms. The van der Waals surface area contributed by atoms with E-state index in [4.69, 9.17) is 0 Å². The van der Waals surface area contributed by atoms with Gasteiger partial charge in [-0.05, 0) is 37.8 Å². The zero-order valence-corrected chi connectivity index (χ0v) is 18.0. The molecule has 2 aromatic carbocycles. The average Bonchev–Trinajstić information content (AvgIpc) is 2.78. The van der Waals surface area contributed by atoms with Crippen molar-refractivity contribution in [2.75, 3.05) is 5.32 Å². The molecule has 0 aliphatic heterocycles. The van der Waals surface area contributed by atoms with E-state index in [2.05, 4.69) is 49.5 Å². The Hall–Kier alpha value is -3.93. The van der Waals surface area contributed by atoms with Crippen LogP contribution < -0.4 is 5.32 Å². The maximum atomic E-state index is 12.8. The number of aromatic nitrogens is 4. The monoisotopic (exact) mass is 421 g/mol. The Bertz CT molecular complexity index is 1350. The number of nitrogens with one attached hydrogen (secondary N) is 1. The van der Waals surface area contributed by atoms with E-state index < -0.39 is 0 Å². The molecule has 1 N–H and O–H groups in total. The van der Waals surface area contributed by atoms with Crippen LogP contribution in [0, 0.1) is 19.8 Å². The normalized spacial score (nSPS) is 15.8. The van der Waals surface area contributed by atoms with Gasteiger partial charge in [0.25, 0.3) is 0 Å². The van der Waals surface area contributed by atoms with Gasteiger partial charge in [0.2, 0.25) is 11.9 Å². The molecule has 158 valence electrons. The number of carbonyl (C=O) groups is 1. The van der Waals surface area contributed by atoms with E-state index in [9.17, 15) is 4.79 Å². The number of ketones is 1. The largest absolute Gasteiger partial charge is 0.294 e. The lowest BCUT2D eigenvalue weighted by Crippen LogP contribution is -2.23. The molecule has 4 aromatic rings. The molecule has 2 aromatic heterocycles. The van der Waals surface area contributed by atoms with Gasteiger partial charge in [-0.2, -0.15) is 0 Å². The van der Waals surface area contributed by atoms with Crippen molar-refractivity contribution >= 4 is 34.7 Å². The fourth-order valence-corrected chi connectivity index (χ4v) is 4.20. The number of para-hydroxylation sites is 1. The number of carbonyl (C=O) groups excluding carboxylic acids is 1. The standard InChI is InChI=1S/C26H23N5O/c1-16-20-10-6-7-11-21(20)29-25(27-16)31-26-28-17(2)24-22(30-26)14-19(15-23(24)32)13-12-18-8-4-3-5-9-18/h3-13,19H,14-15H2,1-2H3,(H,27,28,29,30,31)/b13-12+/t19-/m0/s1. The van der Waals surface area contributed by atoms with E-state index in [1.54, 1.807) is 0 Å². The first-order valence-corrected chi connectivity index (χ1v) is 10.7. The Morgan fingerprint density at radius 2 is 1.56 bits per heavy atom. The molecule has 1 aliphatic carbocycles. The molecule has 5 rings (SSSR count). The van der Waals surface area contributed by atoms with Crippen LogP contribution in [0.5, 0.6) is 0 Å². The van der Waals surface area contributed by atoms with Crippen LogP contribution in [0.3, 0.4) is 0 Å². The number of nitrogens with zero attached hydrogens (tertiary/aromatic N) is 4. The summed E-state index contributed by atoms with van der Waals surface area (Å²) in [5.41, 5.74) is 4.97. The molecular formula is C26H23N5O.